The van der Waals surface area contributed by atoms with Gasteiger partial charge in [-0.25, -0.2) is 4.98 Å². The molecule has 0 saturated carbocycles. The minimum Gasteiger partial charge on any atom is -0.492 e. The molecule has 1 amide bonds. The highest BCUT2D eigenvalue weighted by Crippen LogP contribution is 2.36. The molecular weight excluding hydrogens is 442 g/mol. The third-order valence-corrected chi connectivity index (χ3v) is 6.77. The van der Waals surface area contributed by atoms with Crippen LogP contribution in [-0.4, -0.2) is 68.6 Å². The van der Waals surface area contributed by atoms with Gasteiger partial charge in [0, 0.05) is 31.7 Å². The molecule has 1 aromatic heterocycles. The summed E-state index contributed by atoms with van der Waals surface area (Å²) in [5, 5.41) is 0.668. The average molecular weight is 470 g/mol. The maximum absolute atomic E-state index is 13.6. The molecule has 33 heavy (non-hydrogen) atoms. The number of carbonyl (C=O) groups excluding carboxylic acids is 1. The number of nitrogens with zero attached hydrogens (tertiary/aromatic N) is 3. The van der Waals surface area contributed by atoms with Gasteiger partial charge in [0.25, 0.3) is 5.91 Å². The van der Waals surface area contributed by atoms with Crippen LogP contribution >= 0.6 is 11.3 Å². The maximum Gasteiger partial charge on any atom is 0.260 e. The molecule has 1 saturated heterocycles. The summed E-state index contributed by atoms with van der Waals surface area (Å²) in [7, 11) is 0. The van der Waals surface area contributed by atoms with E-state index in [1.54, 1.807) is 23.1 Å². The van der Waals surface area contributed by atoms with Crippen LogP contribution in [0.25, 0.3) is 10.2 Å². The third-order valence-electron chi connectivity index (χ3n) is 5.73. The van der Waals surface area contributed by atoms with Crippen molar-refractivity contribution < 1.29 is 23.7 Å². The van der Waals surface area contributed by atoms with Crippen LogP contribution in [0.15, 0.2) is 36.4 Å². The Bertz CT molecular complexity index is 1130. The number of benzene rings is 2. The van der Waals surface area contributed by atoms with E-state index in [9.17, 15) is 4.79 Å². The van der Waals surface area contributed by atoms with Crippen LogP contribution in [0.5, 0.6) is 17.2 Å². The molecule has 1 fully saturated rings. The number of hydrogen-bond acceptors (Lipinski definition) is 8. The summed E-state index contributed by atoms with van der Waals surface area (Å²) in [6.45, 7) is 7.53. The summed E-state index contributed by atoms with van der Waals surface area (Å²) >= 11 is 1.50. The van der Waals surface area contributed by atoms with Gasteiger partial charge in [-0.05, 0) is 43.7 Å². The number of hydrogen-bond donors (Lipinski definition) is 0. The minimum absolute atomic E-state index is 0.104. The standard InChI is InChI=1S/C24H27N3O5S/c1-2-30-19-5-3-6-21-22(19)25-24(33-21)27(10-4-9-26-11-13-29-14-12-26)23(28)17-7-8-18-20(15-17)32-16-31-18/h3,5-8,15H,2,4,9-14,16H2,1H3. The molecule has 3 heterocycles. The molecule has 0 bridgehead atoms. The highest BCUT2D eigenvalue weighted by atomic mass is 32.1. The number of aromatic nitrogens is 1. The molecule has 0 unspecified atom stereocenters. The first-order valence-electron chi connectivity index (χ1n) is 11.3. The second kappa shape index (κ2) is 9.94. The molecule has 8 nitrogen and oxygen atoms in total. The van der Waals surface area contributed by atoms with Crippen LogP contribution in [0.3, 0.4) is 0 Å². The fraction of sp³-hybridized carbons (Fsp3) is 0.417. The lowest BCUT2D eigenvalue weighted by atomic mass is 10.1. The number of thiazole rings is 1. The summed E-state index contributed by atoms with van der Waals surface area (Å²) in [5.41, 5.74) is 1.34. The van der Waals surface area contributed by atoms with E-state index in [1.807, 2.05) is 25.1 Å². The van der Waals surface area contributed by atoms with E-state index in [-0.39, 0.29) is 12.7 Å². The molecule has 0 spiro atoms. The topological polar surface area (TPSA) is 73.4 Å². The second-order valence-corrected chi connectivity index (χ2v) is 8.87. The Balaban J connectivity index is 1.42. The number of rotatable bonds is 8. The molecule has 5 rings (SSSR count). The molecule has 2 aliphatic heterocycles. The van der Waals surface area contributed by atoms with Crippen molar-refractivity contribution in [2.24, 2.45) is 0 Å². The predicted molar refractivity (Wildman–Crippen MR) is 127 cm³/mol. The minimum atomic E-state index is -0.104. The lowest BCUT2D eigenvalue weighted by Gasteiger charge is -2.27. The Morgan fingerprint density at radius 3 is 2.88 bits per heavy atom. The van der Waals surface area contributed by atoms with Gasteiger partial charge in [0.1, 0.15) is 11.3 Å². The molecule has 9 heteroatoms. The molecule has 2 aliphatic rings. The van der Waals surface area contributed by atoms with E-state index in [0.717, 1.165) is 55.2 Å². The Kier molecular flexibility index (Phi) is 6.61. The molecule has 3 aromatic rings. The Hall–Kier alpha value is -2.88. The van der Waals surface area contributed by atoms with Gasteiger partial charge in [-0.15, -0.1) is 0 Å². The lowest BCUT2D eigenvalue weighted by Crippen LogP contribution is -2.39. The summed E-state index contributed by atoms with van der Waals surface area (Å²) in [6, 6.07) is 11.2. The van der Waals surface area contributed by atoms with E-state index in [4.69, 9.17) is 23.9 Å². The van der Waals surface area contributed by atoms with Crippen LogP contribution in [0.2, 0.25) is 0 Å². The molecule has 0 N–H and O–H groups in total. The van der Waals surface area contributed by atoms with Crippen LogP contribution in [0.1, 0.15) is 23.7 Å². The number of amides is 1. The predicted octanol–water partition coefficient (Wildman–Crippen LogP) is 3.79. The largest absolute Gasteiger partial charge is 0.492 e. The van der Waals surface area contributed by atoms with Gasteiger partial charge in [-0.3, -0.25) is 14.6 Å². The third kappa shape index (κ3) is 4.75. The van der Waals surface area contributed by atoms with Crippen molar-refractivity contribution in [3.05, 3.63) is 42.0 Å². The number of ether oxygens (including phenoxy) is 4. The van der Waals surface area contributed by atoms with Gasteiger partial charge < -0.3 is 18.9 Å². The van der Waals surface area contributed by atoms with Crippen molar-refractivity contribution in [1.82, 2.24) is 9.88 Å². The second-order valence-electron chi connectivity index (χ2n) is 7.86. The monoisotopic (exact) mass is 469 g/mol. The number of carbonyl (C=O) groups is 1. The van der Waals surface area contributed by atoms with Gasteiger partial charge in [0.05, 0.1) is 24.5 Å². The number of anilines is 1. The average Bonchev–Trinajstić information content (AvgIpc) is 3.49. The molecule has 174 valence electrons. The highest BCUT2D eigenvalue weighted by Gasteiger charge is 2.25. The number of para-hydroxylation sites is 1. The van der Waals surface area contributed by atoms with Gasteiger partial charge in [-0.1, -0.05) is 17.4 Å². The van der Waals surface area contributed by atoms with E-state index < -0.39 is 0 Å². The van der Waals surface area contributed by atoms with Crippen molar-refractivity contribution in [3.63, 3.8) is 0 Å². The first-order chi connectivity index (χ1) is 16.2. The molecule has 0 atom stereocenters. The van der Waals surface area contributed by atoms with Crippen molar-refractivity contribution >= 4 is 32.6 Å². The zero-order chi connectivity index (χ0) is 22.6. The van der Waals surface area contributed by atoms with Crippen molar-refractivity contribution in [1.29, 1.82) is 0 Å². The van der Waals surface area contributed by atoms with Crippen LogP contribution in [-0.2, 0) is 4.74 Å². The zero-order valence-electron chi connectivity index (χ0n) is 18.6. The first-order valence-corrected chi connectivity index (χ1v) is 12.1. The highest BCUT2D eigenvalue weighted by molar-refractivity contribution is 7.22. The number of fused-ring (bicyclic) bond motifs is 2. The smallest absolute Gasteiger partial charge is 0.260 e. The summed E-state index contributed by atoms with van der Waals surface area (Å²) < 4.78 is 23.1. The van der Waals surface area contributed by atoms with Crippen molar-refractivity contribution in [2.45, 2.75) is 13.3 Å². The Morgan fingerprint density at radius 2 is 2.03 bits per heavy atom. The zero-order valence-corrected chi connectivity index (χ0v) is 19.4. The number of morpholine rings is 1. The Labute approximate surface area is 196 Å². The van der Waals surface area contributed by atoms with Gasteiger partial charge in [0.2, 0.25) is 6.79 Å². The van der Waals surface area contributed by atoms with Crippen LogP contribution in [0, 0.1) is 0 Å². The first kappa shape index (κ1) is 21.9. The van der Waals surface area contributed by atoms with Crippen LogP contribution < -0.4 is 19.1 Å². The fourth-order valence-corrected chi connectivity index (χ4v) is 5.05. The summed E-state index contributed by atoms with van der Waals surface area (Å²) in [5.74, 6) is 1.89. The molecule has 0 radical (unpaired) electrons. The maximum atomic E-state index is 13.6. The van der Waals surface area contributed by atoms with Crippen LogP contribution in [0.4, 0.5) is 5.13 Å². The van der Waals surface area contributed by atoms with Gasteiger partial charge in [-0.2, -0.15) is 0 Å². The summed E-state index contributed by atoms with van der Waals surface area (Å²) in [4.78, 5) is 22.6. The van der Waals surface area contributed by atoms with Crippen molar-refractivity contribution in [3.8, 4) is 17.2 Å². The molecular formula is C24H27N3O5S. The molecule has 2 aromatic carbocycles. The molecule has 0 aliphatic carbocycles. The van der Waals surface area contributed by atoms with Crippen molar-refractivity contribution in [2.75, 3.05) is 57.7 Å². The summed E-state index contributed by atoms with van der Waals surface area (Å²) in [6.07, 6.45) is 0.838. The van der Waals surface area contributed by atoms with E-state index in [1.165, 1.54) is 11.3 Å². The SMILES string of the molecule is CCOc1cccc2sc(N(CCCN3CCOCC3)C(=O)c3ccc4c(c3)OCO4)nc12. The van der Waals surface area contributed by atoms with Gasteiger partial charge >= 0.3 is 0 Å². The van der Waals surface area contributed by atoms with E-state index in [2.05, 4.69) is 4.90 Å². The lowest BCUT2D eigenvalue weighted by molar-refractivity contribution is 0.0376. The fourth-order valence-electron chi connectivity index (χ4n) is 4.05. The normalized spacial score (nSPS) is 15.7. The van der Waals surface area contributed by atoms with E-state index >= 15 is 0 Å². The quantitative estimate of drug-likeness (QED) is 0.497. The van der Waals surface area contributed by atoms with E-state index in [0.29, 0.717) is 35.3 Å². The van der Waals surface area contributed by atoms with Gasteiger partial charge in [0.15, 0.2) is 16.6 Å². The Morgan fingerprint density at radius 1 is 1.18 bits per heavy atom.